The summed E-state index contributed by atoms with van der Waals surface area (Å²) >= 11 is 0. The highest BCUT2D eigenvalue weighted by molar-refractivity contribution is 5.78. The largest absolute Gasteiger partial charge is 0.389 e. The van der Waals surface area contributed by atoms with Crippen LogP contribution in [-0.2, 0) is 9.53 Å². The van der Waals surface area contributed by atoms with E-state index >= 15 is 0 Å². The van der Waals surface area contributed by atoms with Crippen molar-refractivity contribution in [2.45, 2.75) is 44.6 Å². The third kappa shape index (κ3) is 3.31. The van der Waals surface area contributed by atoms with Crippen LogP contribution in [0.2, 0.25) is 0 Å². The first kappa shape index (κ1) is 16.2. The SMILES string of the molecule is C[C@@H]1CN(CCN2CCCC2=O)CC[C@@]1(O)C1CCOCC1. The summed E-state index contributed by atoms with van der Waals surface area (Å²) in [5, 5.41) is 11.2. The number of piperidine rings is 1. The molecule has 3 fully saturated rings. The van der Waals surface area contributed by atoms with E-state index in [1.54, 1.807) is 0 Å². The van der Waals surface area contributed by atoms with Gasteiger partial charge >= 0.3 is 0 Å². The van der Waals surface area contributed by atoms with Crippen LogP contribution < -0.4 is 0 Å². The van der Waals surface area contributed by atoms with Crippen molar-refractivity contribution in [1.29, 1.82) is 0 Å². The number of aliphatic hydroxyl groups is 1. The van der Waals surface area contributed by atoms with Crippen LogP contribution in [0.15, 0.2) is 0 Å². The van der Waals surface area contributed by atoms with E-state index in [0.29, 0.717) is 17.7 Å². The zero-order valence-electron chi connectivity index (χ0n) is 13.8. The molecule has 0 aliphatic carbocycles. The van der Waals surface area contributed by atoms with Crippen molar-refractivity contribution in [3.63, 3.8) is 0 Å². The fourth-order valence-electron chi connectivity index (χ4n) is 4.43. The maximum atomic E-state index is 11.7. The average Bonchev–Trinajstić information content (AvgIpc) is 2.95. The zero-order chi connectivity index (χ0) is 15.6. The second kappa shape index (κ2) is 6.85. The molecule has 5 heteroatoms. The summed E-state index contributed by atoms with van der Waals surface area (Å²) < 4.78 is 5.44. The fraction of sp³-hybridized carbons (Fsp3) is 0.941. The van der Waals surface area contributed by atoms with Crippen LogP contribution in [0.5, 0.6) is 0 Å². The summed E-state index contributed by atoms with van der Waals surface area (Å²) in [6.07, 6.45) is 4.57. The number of carbonyl (C=O) groups excluding carboxylic acids is 1. The lowest BCUT2D eigenvalue weighted by atomic mass is 9.70. The molecule has 3 aliphatic rings. The molecule has 0 saturated carbocycles. The standard InChI is InChI=1S/C17H30N2O3/c1-14-13-18(9-10-19-7-2-3-16(19)20)8-6-17(14,21)15-4-11-22-12-5-15/h14-15,21H,2-13H2,1H3/t14-,17+/m1/s1. The second-order valence-corrected chi connectivity index (χ2v) is 7.31. The summed E-state index contributed by atoms with van der Waals surface area (Å²) in [6.45, 7) is 8.37. The van der Waals surface area contributed by atoms with Gasteiger partial charge in [0.2, 0.25) is 5.91 Å². The minimum atomic E-state index is -0.524. The smallest absolute Gasteiger partial charge is 0.222 e. The molecule has 0 aromatic carbocycles. The lowest BCUT2D eigenvalue weighted by molar-refractivity contribution is -0.133. The predicted octanol–water partition coefficient (Wildman–Crippen LogP) is 1.11. The third-order valence-corrected chi connectivity index (χ3v) is 6.00. The van der Waals surface area contributed by atoms with Gasteiger partial charge in [-0.15, -0.1) is 0 Å². The Morgan fingerprint density at radius 1 is 1.27 bits per heavy atom. The van der Waals surface area contributed by atoms with Gasteiger partial charge in [0.1, 0.15) is 0 Å². The lowest BCUT2D eigenvalue weighted by Gasteiger charge is -2.48. The fourth-order valence-corrected chi connectivity index (χ4v) is 4.43. The number of amides is 1. The van der Waals surface area contributed by atoms with Gasteiger partial charge in [-0.05, 0) is 37.5 Å². The molecule has 3 saturated heterocycles. The Kier molecular flexibility index (Phi) is 5.05. The number of likely N-dealkylation sites (tertiary alicyclic amines) is 2. The Morgan fingerprint density at radius 2 is 2.05 bits per heavy atom. The minimum Gasteiger partial charge on any atom is -0.389 e. The Hall–Kier alpha value is -0.650. The maximum absolute atomic E-state index is 11.7. The van der Waals surface area contributed by atoms with Gasteiger partial charge < -0.3 is 19.6 Å². The van der Waals surface area contributed by atoms with Crippen LogP contribution in [0, 0.1) is 11.8 Å². The first-order valence-electron chi connectivity index (χ1n) is 8.90. The molecule has 0 unspecified atom stereocenters. The number of nitrogens with zero attached hydrogens (tertiary/aromatic N) is 2. The quantitative estimate of drug-likeness (QED) is 0.845. The molecule has 5 nitrogen and oxygen atoms in total. The maximum Gasteiger partial charge on any atom is 0.222 e. The molecule has 1 amide bonds. The van der Waals surface area contributed by atoms with Crippen LogP contribution in [0.4, 0.5) is 0 Å². The molecule has 0 aromatic heterocycles. The van der Waals surface area contributed by atoms with Crippen LogP contribution >= 0.6 is 0 Å². The van der Waals surface area contributed by atoms with E-state index in [1.807, 2.05) is 4.90 Å². The summed E-state index contributed by atoms with van der Waals surface area (Å²) in [5.74, 6) is 0.987. The molecule has 0 bridgehead atoms. The molecule has 1 N–H and O–H groups in total. The Balaban J connectivity index is 1.49. The number of carbonyl (C=O) groups is 1. The van der Waals surface area contributed by atoms with E-state index in [9.17, 15) is 9.90 Å². The van der Waals surface area contributed by atoms with E-state index in [0.717, 1.165) is 78.0 Å². The van der Waals surface area contributed by atoms with Crippen molar-refractivity contribution >= 4 is 5.91 Å². The number of hydrogen-bond acceptors (Lipinski definition) is 4. The van der Waals surface area contributed by atoms with Gasteiger partial charge in [0.25, 0.3) is 0 Å². The normalized spacial score (nSPS) is 35.3. The van der Waals surface area contributed by atoms with Crippen LogP contribution in [0.1, 0.15) is 39.0 Å². The number of hydrogen-bond donors (Lipinski definition) is 1. The molecule has 3 heterocycles. The molecule has 3 aliphatic heterocycles. The predicted molar refractivity (Wildman–Crippen MR) is 84.5 cm³/mol. The van der Waals surface area contributed by atoms with Crippen LogP contribution in [-0.4, -0.2) is 72.4 Å². The van der Waals surface area contributed by atoms with Crippen LogP contribution in [0.25, 0.3) is 0 Å². The van der Waals surface area contributed by atoms with Crippen molar-refractivity contribution in [2.24, 2.45) is 11.8 Å². The highest BCUT2D eigenvalue weighted by Crippen LogP contribution is 2.39. The van der Waals surface area contributed by atoms with Crippen LogP contribution in [0.3, 0.4) is 0 Å². The zero-order valence-corrected chi connectivity index (χ0v) is 13.8. The van der Waals surface area contributed by atoms with Gasteiger partial charge in [-0.1, -0.05) is 6.92 Å². The minimum absolute atomic E-state index is 0.290. The van der Waals surface area contributed by atoms with Gasteiger partial charge in [-0.3, -0.25) is 4.79 Å². The van der Waals surface area contributed by atoms with Gasteiger partial charge in [0.05, 0.1) is 5.60 Å². The molecular weight excluding hydrogens is 280 g/mol. The first-order chi connectivity index (χ1) is 10.6. The number of rotatable bonds is 4. The van der Waals surface area contributed by atoms with Crippen molar-refractivity contribution < 1.29 is 14.6 Å². The molecule has 0 spiro atoms. The summed E-state index contributed by atoms with van der Waals surface area (Å²) in [7, 11) is 0. The Bertz CT molecular complexity index is 397. The molecule has 22 heavy (non-hydrogen) atoms. The first-order valence-corrected chi connectivity index (χ1v) is 8.90. The van der Waals surface area contributed by atoms with Gasteiger partial charge in [0.15, 0.2) is 0 Å². The molecule has 0 aromatic rings. The van der Waals surface area contributed by atoms with E-state index in [4.69, 9.17) is 4.74 Å². The summed E-state index contributed by atoms with van der Waals surface area (Å²) in [5.41, 5.74) is -0.524. The third-order valence-electron chi connectivity index (χ3n) is 6.00. The van der Waals surface area contributed by atoms with Gasteiger partial charge in [-0.25, -0.2) is 0 Å². The molecule has 3 rings (SSSR count). The van der Waals surface area contributed by atoms with Crippen molar-refractivity contribution in [3.05, 3.63) is 0 Å². The van der Waals surface area contributed by atoms with E-state index in [-0.39, 0.29) is 0 Å². The monoisotopic (exact) mass is 310 g/mol. The van der Waals surface area contributed by atoms with Crippen molar-refractivity contribution in [2.75, 3.05) is 45.9 Å². The van der Waals surface area contributed by atoms with Gasteiger partial charge in [-0.2, -0.15) is 0 Å². The molecule has 0 radical (unpaired) electrons. The van der Waals surface area contributed by atoms with Crippen molar-refractivity contribution in [3.8, 4) is 0 Å². The lowest BCUT2D eigenvalue weighted by Crippen LogP contribution is -2.56. The summed E-state index contributed by atoms with van der Waals surface area (Å²) in [6, 6.07) is 0. The highest BCUT2D eigenvalue weighted by Gasteiger charge is 2.45. The summed E-state index contributed by atoms with van der Waals surface area (Å²) in [4.78, 5) is 16.1. The Labute approximate surface area is 133 Å². The second-order valence-electron chi connectivity index (χ2n) is 7.31. The molecular formula is C17H30N2O3. The number of ether oxygens (including phenoxy) is 1. The van der Waals surface area contributed by atoms with E-state index < -0.39 is 5.60 Å². The van der Waals surface area contributed by atoms with E-state index in [2.05, 4.69) is 11.8 Å². The highest BCUT2D eigenvalue weighted by atomic mass is 16.5. The Morgan fingerprint density at radius 3 is 2.68 bits per heavy atom. The average molecular weight is 310 g/mol. The van der Waals surface area contributed by atoms with E-state index in [1.165, 1.54) is 0 Å². The van der Waals surface area contributed by atoms with Crippen molar-refractivity contribution in [1.82, 2.24) is 9.80 Å². The topological polar surface area (TPSA) is 53.0 Å². The van der Waals surface area contributed by atoms with Gasteiger partial charge in [0, 0.05) is 52.4 Å². The molecule has 126 valence electrons. The molecule has 2 atom stereocenters.